The number of ether oxygens (including phenoxy) is 1. The Balaban J connectivity index is 3.02. The highest BCUT2D eigenvalue weighted by atomic mass is 35.5. The number of carbonyl (C=O) groups is 1. The second-order valence-electron chi connectivity index (χ2n) is 2.23. The molecular weight excluding hydrogens is 212 g/mol. The highest BCUT2D eigenvalue weighted by Crippen LogP contribution is 2.10. The van der Waals surface area contributed by atoms with Crippen LogP contribution in [0.5, 0.6) is 0 Å². The van der Waals surface area contributed by atoms with Gasteiger partial charge < -0.3 is 15.7 Å². The van der Waals surface area contributed by atoms with Crippen molar-refractivity contribution in [3.63, 3.8) is 0 Å². The summed E-state index contributed by atoms with van der Waals surface area (Å²) in [7, 11) is 1.16. The first-order chi connectivity index (χ1) is 6.54. The third-order valence-corrected chi connectivity index (χ3v) is 1.51. The third-order valence-electron chi connectivity index (χ3n) is 1.32. The highest BCUT2D eigenvalue weighted by molar-refractivity contribution is 6.29. The van der Waals surface area contributed by atoms with Crippen molar-refractivity contribution in [3.05, 3.63) is 16.4 Å². The summed E-state index contributed by atoms with van der Waals surface area (Å²) in [4.78, 5) is 14.2. The molecule has 7 nitrogen and oxygen atoms in total. The number of carbonyl (C=O) groups excluding carboxylic acids is 1. The summed E-state index contributed by atoms with van der Waals surface area (Å²) in [5.74, 6) is -0.502. The van der Waals surface area contributed by atoms with Crippen molar-refractivity contribution < 1.29 is 14.3 Å². The maximum atomic E-state index is 11.2. The number of nitrogen functional groups attached to an aromatic ring is 1. The van der Waals surface area contributed by atoms with Gasteiger partial charge in [-0.1, -0.05) is 4.98 Å². The summed E-state index contributed by atoms with van der Waals surface area (Å²) in [5, 5.41) is 13.3. The molecule has 0 aliphatic carbocycles. The molecule has 1 rings (SSSR count). The van der Waals surface area contributed by atoms with Crippen molar-refractivity contribution in [2.24, 2.45) is 0 Å². The van der Waals surface area contributed by atoms with Crippen molar-refractivity contribution in [3.8, 4) is 0 Å². The number of nitrogens with zero attached hydrogens (tertiary/aromatic N) is 2. The Morgan fingerprint density at radius 1 is 1.86 bits per heavy atom. The molecule has 1 aromatic rings. The van der Waals surface area contributed by atoms with Crippen molar-refractivity contribution >= 4 is 29.5 Å². The van der Waals surface area contributed by atoms with Gasteiger partial charge in [-0.3, -0.25) is 0 Å². The number of methoxy groups -OCH3 is 1. The summed E-state index contributed by atoms with van der Waals surface area (Å²) in [6.45, 7) is 0. The molecule has 1 heterocycles. The van der Waals surface area contributed by atoms with E-state index in [0.717, 1.165) is 13.2 Å². The quantitative estimate of drug-likeness (QED) is 0.396. The first-order valence-electron chi connectivity index (χ1n) is 3.45. The van der Waals surface area contributed by atoms with E-state index in [1.807, 2.05) is 0 Å². The number of halogens is 1. The average molecular weight is 219 g/mol. The molecule has 0 aromatic carbocycles. The van der Waals surface area contributed by atoms with Crippen molar-refractivity contribution in [2.75, 3.05) is 18.2 Å². The Morgan fingerprint density at radius 2 is 2.50 bits per heavy atom. The first kappa shape index (κ1) is 10.3. The molecule has 76 valence electrons. The van der Waals surface area contributed by atoms with Crippen molar-refractivity contribution in [1.29, 1.82) is 0 Å². The fraction of sp³-hybridized carbons (Fsp3) is 0.167. The minimum atomic E-state index is -0.795. The van der Waals surface area contributed by atoms with Gasteiger partial charge in [0.1, 0.15) is 0 Å². The summed E-state index contributed by atoms with van der Waals surface area (Å²) in [5.41, 5.74) is 5.20. The monoisotopic (exact) mass is 218 g/mol. The van der Waals surface area contributed by atoms with E-state index >= 15 is 0 Å². The van der Waals surface area contributed by atoms with Gasteiger partial charge in [-0.05, 0) is 11.6 Å². The average Bonchev–Trinajstić information content (AvgIpc) is 2.13. The number of nitrogens with one attached hydrogen (secondary N) is 1. The Labute approximate surface area is 84.0 Å². The lowest BCUT2D eigenvalue weighted by atomic mass is 10.6. The lowest BCUT2D eigenvalue weighted by molar-refractivity contribution is -0.577. The van der Waals surface area contributed by atoms with Gasteiger partial charge in [0.15, 0.2) is 5.15 Å². The molecule has 0 saturated carbocycles. The zero-order valence-electron chi connectivity index (χ0n) is 7.15. The predicted molar refractivity (Wildman–Crippen MR) is 48.6 cm³/mol. The van der Waals surface area contributed by atoms with E-state index in [1.165, 1.54) is 0 Å². The SMILES string of the molecule is COC(=O)Nc1cc(Cl)nc(N)[n+]1[O-]. The van der Waals surface area contributed by atoms with Gasteiger partial charge in [0.05, 0.1) is 13.2 Å². The van der Waals surface area contributed by atoms with E-state index in [2.05, 4.69) is 15.0 Å². The molecule has 1 amide bonds. The lowest BCUT2D eigenvalue weighted by Gasteiger charge is -2.11. The molecule has 0 fully saturated rings. The van der Waals surface area contributed by atoms with Crippen LogP contribution in [0.1, 0.15) is 0 Å². The van der Waals surface area contributed by atoms with Crippen molar-refractivity contribution in [1.82, 2.24) is 4.98 Å². The highest BCUT2D eigenvalue weighted by Gasteiger charge is 2.12. The standard InChI is InChI=1S/C6H7ClN4O3/c1-14-6(12)10-4-2-3(7)9-5(8)11(4)13/h2H,1H3,(H2,8,9)(H,10,12). The fourth-order valence-electron chi connectivity index (χ4n) is 0.724. The predicted octanol–water partition coefficient (Wildman–Crippen LogP) is 0.129. The van der Waals surface area contributed by atoms with Crippen LogP contribution >= 0.6 is 11.6 Å². The minimum Gasteiger partial charge on any atom is -0.754 e. The van der Waals surface area contributed by atoms with E-state index in [1.54, 1.807) is 0 Å². The van der Waals surface area contributed by atoms with Crippen LogP contribution in [-0.4, -0.2) is 18.2 Å². The smallest absolute Gasteiger partial charge is 0.458 e. The summed E-state index contributed by atoms with van der Waals surface area (Å²) < 4.78 is 4.51. The number of aromatic nitrogens is 2. The number of hydrogen-bond donors (Lipinski definition) is 2. The fourth-order valence-corrected chi connectivity index (χ4v) is 0.914. The molecule has 3 N–H and O–H groups in total. The van der Waals surface area contributed by atoms with Gasteiger partial charge in [0, 0.05) is 0 Å². The summed E-state index contributed by atoms with van der Waals surface area (Å²) in [6.07, 6.45) is -0.795. The van der Waals surface area contributed by atoms with Crippen LogP contribution in [0.25, 0.3) is 0 Å². The summed E-state index contributed by atoms with van der Waals surface area (Å²) >= 11 is 5.51. The zero-order chi connectivity index (χ0) is 10.7. The van der Waals surface area contributed by atoms with E-state index < -0.39 is 6.09 Å². The van der Waals surface area contributed by atoms with Gasteiger partial charge in [-0.2, -0.15) is 0 Å². The van der Waals surface area contributed by atoms with E-state index in [0.29, 0.717) is 0 Å². The van der Waals surface area contributed by atoms with Crippen LogP contribution in [0.4, 0.5) is 16.6 Å². The molecule has 0 bridgehead atoms. The molecular formula is C6H7ClN4O3. The van der Waals surface area contributed by atoms with E-state index in [9.17, 15) is 10.0 Å². The van der Waals surface area contributed by atoms with Crippen LogP contribution in [0.15, 0.2) is 6.07 Å². The van der Waals surface area contributed by atoms with Crippen molar-refractivity contribution in [2.45, 2.75) is 0 Å². The molecule has 0 spiro atoms. The number of hydrogen-bond acceptors (Lipinski definition) is 5. The number of rotatable bonds is 1. The molecule has 0 aliphatic rings. The third kappa shape index (κ3) is 2.13. The van der Waals surface area contributed by atoms with Gasteiger partial charge in [0.25, 0.3) is 0 Å². The van der Waals surface area contributed by atoms with E-state index in [4.69, 9.17) is 17.3 Å². The van der Waals surface area contributed by atoms with Gasteiger partial charge in [-0.15, -0.1) is 0 Å². The minimum absolute atomic E-state index is 0.000929. The number of amides is 1. The van der Waals surface area contributed by atoms with Crippen LogP contribution in [0, 0.1) is 5.21 Å². The Kier molecular flexibility index (Phi) is 2.92. The Hall–Kier alpha value is -1.76. The molecule has 14 heavy (non-hydrogen) atoms. The molecule has 1 aromatic heterocycles. The second-order valence-corrected chi connectivity index (χ2v) is 2.62. The van der Waals surface area contributed by atoms with Crippen LogP contribution in [0.3, 0.4) is 0 Å². The maximum absolute atomic E-state index is 11.2. The first-order valence-corrected chi connectivity index (χ1v) is 3.83. The molecule has 0 atom stereocenters. The Morgan fingerprint density at radius 3 is 3.07 bits per heavy atom. The number of anilines is 2. The molecule has 0 aliphatic heterocycles. The number of nitrogens with two attached hydrogens (primary N) is 1. The molecule has 0 unspecified atom stereocenters. The molecule has 0 radical (unpaired) electrons. The topological polar surface area (TPSA) is 104 Å². The lowest BCUT2D eigenvalue weighted by Crippen LogP contribution is -2.36. The normalized spacial score (nSPS) is 9.57. The van der Waals surface area contributed by atoms with E-state index in [-0.39, 0.29) is 21.6 Å². The maximum Gasteiger partial charge on any atom is 0.458 e. The van der Waals surface area contributed by atoms with Crippen LogP contribution in [0.2, 0.25) is 5.15 Å². The van der Waals surface area contributed by atoms with Gasteiger partial charge >= 0.3 is 12.0 Å². The van der Waals surface area contributed by atoms with Gasteiger partial charge in [-0.25, -0.2) is 14.8 Å². The molecule has 0 saturated heterocycles. The largest absolute Gasteiger partial charge is 0.754 e. The summed E-state index contributed by atoms with van der Waals surface area (Å²) in [6, 6.07) is 1.15. The van der Waals surface area contributed by atoms with Crippen LogP contribution < -0.4 is 15.8 Å². The van der Waals surface area contributed by atoms with Gasteiger partial charge in [0.2, 0.25) is 5.82 Å². The Bertz CT molecular complexity index is 370. The zero-order valence-corrected chi connectivity index (χ0v) is 7.91. The molecule has 8 heteroatoms. The second kappa shape index (κ2) is 3.97. The van der Waals surface area contributed by atoms with Crippen LogP contribution in [-0.2, 0) is 4.74 Å².